The van der Waals surface area contributed by atoms with Crippen molar-refractivity contribution >= 4 is 11.3 Å². The molecule has 0 radical (unpaired) electrons. The largest absolute Gasteiger partial charge is 0.486 e. The van der Waals surface area contributed by atoms with E-state index in [1.165, 1.54) is 0 Å². The van der Waals surface area contributed by atoms with E-state index >= 15 is 0 Å². The van der Waals surface area contributed by atoms with Gasteiger partial charge in [-0.3, -0.25) is 4.68 Å². The molecular weight excluding hydrogens is 320 g/mol. The highest BCUT2D eigenvalue weighted by molar-refractivity contribution is 7.09. The summed E-state index contributed by atoms with van der Waals surface area (Å²) in [5, 5.41) is 10.9. The predicted octanol–water partition coefficient (Wildman–Crippen LogP) is 3.66. The molecule has 5 nitrogen and oxygen atoms in total. The third kappa shape index (κ3) is 4.43. The van der Waals surface area contributed by atoms with Gasteiger partial charge in [0.25, 0.3) is 0 Å². The fourth-order valence-electron chi connectivity index (χ4n) is 2.34. The van der Waals surface area contributed by atoms with Gasteiger partial charge in [0.2, 0.25) is 0 Å². The molecule has 1 N–H and O–H groups in total. The maximum atomic E-state index is 5.73. The molecule has 2 aromatic heterocycles. The van der Waals surface area contributed by atoms with Crippen LogP contribution < -0.4 is 10.1 Å². The van der Waals surface area contributed by atoms with Crippen molar-refractivity contribution in [1.29, 1.82) is 0 Å². The molecule has 0 bridgehead atoms. The molecule has 0 aliphatic rings. The summed E-state index contributed by atoms with van der Waals surface area (Å²) in [4.78, 5) is 4.63. The summed E-state index contributed by atoms with van der Waals surface area (Å²) >= 11 is 1.63. The number of thiazole rings is 1. The zero-order chi connectivity index (χ0) is 16.8. The molecule has 126 valence electrons. The summed E-state index contributed by atoms with van der Waals surface area (Å²) in [5.74, 6) is 0.869. The van der Waals surface area contributed by atoms with Gasteiger partial charge < -0.3 is 10.1 Å². The van der Waals surface area contributed by atoms with Crippen molar-refractivity contribution in [3.05, 3.63) is 64.9 Å². The average Bonchev–Trinajstić information content (AvgIpc) is 3.30. The number of para-hydroxylation sites is 1. The van der Waals surface area contributed by atoms with Crippen LogP contribution in [0.5, 0.6) is 5.75 Å². The monoisotopic (exact) mass is 342 g/mol. The maximum Gasteiger partial charge on any atom is 0.140 e. The van der Waals surface area contributed by atoms with Crippen molar-refractivity contribution in [2.75, 3.05) is 0 Å². The summed E-state index contributed by atoms with van der Waals surface area (Å²) in [6, 6.07) is 12.4. The van der Waals surface area contributed by atoms with Crippen molar-refractivity contribution in [3.8, 4) is 5.75 Å². The summed E-state index contributed by atoms with van der Waals surface area (Å²) in [6.45, 7) is 5.57. The molecule has 0 fully saturated rings. The topological polar surface area (TPSA) is 52.0 Å². The molecule has 24 heavy (non-hydrogen) atoms. The second-order valence-corrected chi connectivity index (χ2v) is 6.67. The highest BCUT2D eigenvalue weighted by Gasteiger charge is 2.14. The fraction of sp³-hybridized carbons (Fsp3) is 0.333. The van der Waals surface area contributed by atoms with Crippen LogP contribution in [0.2, 0.25) is 0 Å². The number of ether oxygens (including phenoxy) is 1. The van der Waals surface area contributed by atoms with Crippen LogP contribution in [0, 0.1) is 0 Å². The molecule has 0 amide bonds. The number of aromatic nitrogens is 3. The first-order valence-corrected chi connectivity index (χ1v) is 8.94. The number of nitrogens with one attached hydrogen (secondary N) is 1. The molecule has 6 heteroatoms. The summed E-state index contributed by atoms with van der Waals surface area (Å²) in [6.07, 6.45) is 3.80. The van der Waals surface area contributed by atoms with Gasteiger partial charge in [0, 0.05) is 30.4 Å². The third-order valence-corrected chi connectivity index (χ3v) is 4.85. The van der Waals surface area contributed by atoms with Gasteiger partial charge in [-0.15, -0.1) is 11.3 Å². The third-order valence-electron chi connectivity index (χ3n) is 3.98. The van der Waals surface area contributed by atoms with E-state index in [0.717, 1.165) is 23.0 Å². The fourth-order valence-corrected chi connectivity index (χ4v) is 3.05. The number of nitrogens with zero attached hydrogens (tertiary/aromatic N) is 3. The Kier molecular flexibility index (Phi) is 5.61. The molecule has 1 aromatic carbocycles. The Morgan fingerprint density at radius 3 is 2.79 bits per heavy atom. The van der Waals surface area contributed by atoms with Crippen LogP contribution in [0.15, 0.2) is 54.2 Å². The van der Waals surface area contributed by atoms with Crippen molar-refractivity contribution in [1.82, 2.24) is 20.1 Å². The summed E-state index contributed by atoms with van der Waals surface area (Å²) in [7, 11) is 0. The lowest BCUT2D eigenvalue weighted by molar-refractivity contribution is 0.305. The first-order chi connectivity index (χ1) is 11.7. The predicted molar refractivity (Wildman–Crippen MR) is 96.1 cm³/mol. The Morgan fingerprint density at radius 2 is 2.04 bits per heavy atom. The van der Waals surface area contributed by atoms with E-state index < -0.39 is 0 Å². The standard InChI is InChI=1S/C18H22N4OS/c1-14(15(2)22-10-6-9-20-22)19-11-16-13-24-18(21-16)12-23-17-7-4-3-5-8-17/h3-10,13-15,19H,11-12H2,1-2H3/t14-,15+/m0/s1. The van der Waals surface area contributed by atoms with E-state index in [9.17, 15) is 0 Å². The lowest BCUT2D eigenvalue weighted by atomic mass is 10.2. The first kappa shape index (κ1) is 16.7. The Bertz CT molecular complexity index is 727. The van der Waals surface area contributed by atoms with Gasteiger partial charge in [-0.25, -0.2) is 4.98 Å². The molecule has 2 atom stereocenters. The van der Waals surface area contributed by atoms with Gasteiger partial charge in [0.15, 0.2) is 0 Å². The zero-order valence-corrected chi connectivity index (χ0v) is 14.7. The first-order valence-electron chi connectivity index (χ1n) is 8.06. The average molecular weight is 342 g/mol. The molecule has 2 heterocycles. The van der Waals surface area contributed by atoms with Gasteiger partial charge in [-0.1, -0.05) is 18.2 Å². The second-order valence-electron chi connectivity index (χ2n) is 5.73. The van der Waals surface area contributed by atoms with Crippen LogP contribution in [0.4, 0.5) is 0 Å². The minimum Gasteiger partial charge on any atom is -0.486 e. The number of hydrogen-bond acceptors (Lipinski definition) is 5. The van der Waals surface area contributed by atoms with Crippen LogP contribution in [0.3, 0.4) is 0 Å². The number of rotatable bonds is 8. The minimum absolute atomic E-state index is 0.291. The normalized spacial score (nSPS) is 13.6. The number of hydrogen-bond donors (Lipinski definition) is 1. The van der Waals surface area contributed by atoms with Gasteiger partial charge >= 0.3 is 0 Å². The highest BCUT2D eigenvalue weighted by Crippen LogP contribution is 2.16. The van der Waals surface area contributed by atoms with Crippen LogP contribution in [-0.2, 0) is 13.2 Å². The summed E-state index contributed by atoms with van der Waals surface area (Å²) < 4.78 is 7.70. The lowest BCUT2D eigenvalue weighted by Crippen LogP contribution is -2.33. The molecule has 0 aliphatic heterocycles. The molecule has 3 aromatic rings. The van der Waals surface area contributed by atoms with Crippen LogP contribution in [-0.4, -0.2) is 20.8 Å². The van der Waals surface area contributed by atoms with E-state index in [1.807, 2.05) is 53.5 Å². The minimum atomic E-state index is 0.291. The van der Waals surface area contributed by atoms with E-state index in [4.69, 9.17) is 4.74 Å². The quantitative estimate of drug-likeness (QED) is 0.679. The number of benzene rings is 1. The Balaban J connectivity index is 1.47. The molecule has 0 saturated carbocycles. The molecular formula is C18H22N4OS. The van der Waals surface area contributed by atoms with Gasteiger partial charge in [-0.2, -0.15) is 5.10 Å². The zero-order valence-electron chi connectivity index (χ0n) is 13.9. The van der Waals surface area contributed by atoms with Gasteiger partial charge in [0.05, 0.1) is 11.7 Å². The van der Waals surface area contributed by atoms with E-state index in [-0.39, 0.29) is 0 Å². The smallest absolute Gasteiger partial charge is 0.140 e. The Labute approximate surface area is 146 Å². The molecule has 0 saturated heterocycles. The maximum absolute atomic E-state index is 5.73. The van der Waals surface area contributed by atoms with Crippen LogP contribution in [0.25, 0.3) is 0 Å². The highest BCUT2D eigenvalue weighted by atomic mass is 32.1. The van der Waals surface area contributed by atoms with E-state index in [1.54, 1.807) is 11.3 Å². The SMILES string of the molecule is C[C@H](NCc1csc(COc2ccccc2)n1)[C@@H](C)n1cccn1. The summed E-state index contributed by atoms with van der Waals surface area (Å²) in [5.41, 5.74) is 1.05. The van der Waals surface area contributed by atoms with Gasteiger partial charge in [0.1, 0.15) is 17.4 Å². The van der Waals surface area contributed by atoms with Crippen LogP contribution in [0.1, 0.15) is 30.6 Å². The molecule has 0 aliphatic carbocycles. The van der Waals surface area contributed by atoms with Crippen molar-refractivity contribution in [2.45, 2.75) is 39.1 Å². The van der Waals surface area contributed by atoms with Crippen LogP contribution >= 0.6 is 11.3 Å². The van der Waals surface area contributed by atoms with Crippen molar-refractivity contribution in [2.24, 2.45) is 0 Å². The lowest BCUT2D eigenvalue weighted by Gasteiger charge is -2.21. The Hall–Kier alpha value is -2.18. The Morgan fingerprint density at radius 1 is 1.21 bits per heavy atom. The van der Waals surface area contributed by atoms with Gasteiger partial charge in [-0.05, 0) is 32.0 Å². The molecule has 0 spiro atoms. The molecule has 0 unspecified atom stereocenters. The van der Waals surface area contributed by atoms with E-state index in [0.29, 0.717) is 18.7 Å². The second kappa shape index (κ2) is 8.08. The van der Waals surface area contributed by atoms with E-state index in [2.05, 4.69) is 34.6 Å². The van der Waals surface area contributed by atoms with Crippen molar-refractivity contribution in [3.63, 3.8) is 0 Å². The molecule has 3 rings (SSSR count). The van der Waals surface area contributed by atoms with Crippen molar-refractivity contribution < 1.29 is 4.74 Å².